The zero-order valence-electron chi connectivity index (χ0n) is 9.24. The van der Waals surface area contributed by atoms with Gasteiger partial charge in [-0.1, -0.05) is 18.9 Å². The fourth-order valence-corrected chi connectivity index (χ4v) is 1.92. The highest BCUT2D eigenvalue weighted by molar-refractivity contribution is 5.90. The Hall–Kier alpha value is -1.36. The fraction of sp³-hybridized carbons (Fsp3) is 0.636. The highest BCUT2D eigenvalue weighted by Gasteiger charge is 2.38. The summed E-state index contributed by atoms with van der Waals surface area (Å²) in [6.07, 6.45) is 4.76. The first kappa shape index (κ1) is 12.7. The van der Waals surface area contributed by atoms with Gasteiger partial charge in [0.1, 0.15) is 6.04 Å². The lowest BCUT2D eigenvalue weighted by molar-refractivity contribution is -0.142. The van der Waals surface area contributed by atoms with Gasteiger partial charge in [-0.25, -0.2) is 4.79 Å². The van der Waals surface area contributed by atoms with E-state index in [1.165, 1.54) is 6.08 Å². The second-order valence-electron chi connectivity index (χ2n) is 4.25. The Morgan fingerprint density at radius 2 is 2.06 bits per heavy atom. The van der Waals surface area contributed by atoms with Crippen LogP contribution in [0.25, 0.3) is 0 Å². The fourth-order valence-electron chi connectivity index (χ4n) is 1.92. The van der Waals surface area contributed by atoms with Crippen LogP contribution in [-0.4, -0.2) is 28.6 Å². The highest BCUT2D eigenvalue weighted by atomic mass is 16.4. The normalized spacial score (nSPS) is 20.1. The molecule has 16 heavy (non-hydrogen) atoms. The van der Waals surface area contributed by atoms with Crippen LogP contribution in [0.15, 0.2) is 12.7 Å². The third kappa shape index (κ3) is 2.82. The van der Waals surface area contributed by atoms with Crippen molar-refractivity contribution in [1.29, 1.82) is 0 Å². The zero-order valence-corrected chi connectivity index (χ0v) is 9.24. The van der Waals surface area contributed by atoms with Crippen molar-refractivity contribution >= 4 is 11.9 Å². The van der Waals surface area contributed by atoms with Crippen LogP contribution in [0.3, 0.4) is 0 Å². The Morgan fingerprint density at radius 3 is 2.50 bits per heavy atom. The Bertz CT molecular complexity index is 296. The molecule has 1 aliphatic rings. The van der Waals surface area contributed by atoms with Gasteiger partial charge < -0.3 is 16.2 Å². The van der Waals surface area contributed by atoms with E-state index in [9.17, 15) is 9.59 Å². The van der Waals surface area contributed by atoms with Crippen molar-refractivity contribution in [1.82, 2.24) is 5.32 Å². The number of carboxylic acid groups (broad SMARTS) is 1. The van der Waals surface area contributed by atoms with Crippen molar-refractivity contribution in [3.63, 3.8) is 0 Å². The SMILES string of the molecule is C=CCC(NC(=O)C1(N)CCCC1)C(=O)O. The summed E-state index contributed by atoms with van der Waals surface area (Å²) < 4.78 is 0. The molecule has 0 aromatic rings. The largest absolute Gasteiger partial charge is 0.480 e. The summed E-state index contributed by atoms with van der Waals surface area (Å²) >= 11 is 0. The number of nitrogens with two attached hydrogens (primary N) is 1. The molecule has 0 aromatic heterocycles. The number of carbonyl (C=O) groups excluding carboxylic acids is 1. The van der Waals surface area contributed by atoms with E-state index < -0.39 is 17.6 Å². The molecule has 0 saturated heterocycles. The number of hydrogen-bond donors (Lipinski definition) is 3. The van der Waals surface area contributed by atoms with E-state index in [0.29, 0.717) is 12.8 Å². The Morgan fingerprint density at radius 1 is 1.50 bits per heavy atom. The minimum absolute atomic E-state index is 0.206. The van der Waals surface area contributed by atoms with Crippen molar-refractivity contribution in [2.45, 2.75) is 43.7 Å². The molecule has 0 radical (unpaired) electrons. The summed E-state index contributed by atoms with van der Waals surface area (Å²) in [5.41, 5.74) is 5.04. The second-order valence-corrected chi connectivity index (χ2v) is 4.25. The third-order valence-corrected chi connectivity index (χ3v) is 2.95. The lowest BCUT2D eigenvalue weighted by atomic mass is 9.97. The minimum atomic E-state index is -1.06. The molecule has 90 valence electrons. The molecule has 1 unspecified atom stereocenters. The van der Waals surface area contributed by atoms with Gasteiger partial charge in [0, 0.05) is 0 Å². The van der Waals surface area contributed by atoms with Crippen LogP contribution in [0.1, 0.15) is 32.1 Å². The van der Waals surface area contributed by atoms with E-state index in [-0.39, 0.29) is 12.3 Å². The molecule has 1 amide bonds. The van der Waals surface area contributed by atoms with Gasteiger partial charge in [0.05, 0.1) is 5.54 Å². The second kappa shape index (κ2) is 5.12. The Labute approximate surface area is 94.7 Å². The average molecular weight is 226 g/mol. The van der Waals surface area contributed by atoms with Crippen LogP contribution in [0, 0.1) is 0 Å². The van der Waals surface area contributed by atoms with E-state index in [0.717, 1.165) is 12.8 Å². The summed E-state index contributed by atoms with van der Waals surface area (Å²) in [4.78, 5) is 22.7. The molecule has 5 nitrogen and oxygen atoms in total. The van der Waals surface area contributed by atoms with Gasteiger partial charge in [0.2, 0.25) is 5.91 Å². The Balaban J connectivity index is 2.60. The lowest BCUT2D eigenvalue weighted by Gasteiger charge is -2.24. The van der Waals surface area contributed by atoms with Gasteiger partial charge in [0.25, 0.3) is 0 Å². The highest BCUT2D eigenvalue weighted by Crippen LogP contribution is 2.27. The first-order chi connectivity index (χ1) is 7.49. The Kier molecular flexibility index (Phi) is 4.06. The maximum Gasteiger partial charge on any atom is 0.326 e. The van der Waals surface area contributed by atoms with E-state index >= 15 is 0 Å². The third-order valence-electron chi connectivity index (χ3n) is 2.95. The molecule has 4 N–H and O–H groups in total. The van der Waals surface area contributed by atoms with Crippen LogP contribution in [0.2, 0.25) is 0 Å². The summed E-state index contributed by atoms with van der Waals surface area (Å²) in [5, 5.41) is 11.3. The molecular formula is C11H18N2O3. The maximum atomic E-state index is 11.8. The zero-order chi connectivity index (χ0) is 12.2. The molecule has 1 aliphatic carbocycles. The van der Waals surface area contributed by atoms with E-state index in [2.05, 4.69) is 11.9 Å². The maximum absolute atomic E-state index is 11.8. The first-order valence-electron chi connectivity index (χ1n) is 5.43. The van der Waals surface area contributed by atoms with Crippen LogP contribution in [0.5, 0.6) is 0 Å². The first-order valence-corrected chi connectivity index (χ1v) is 5.43. The summed E-state index contributed by atoms with van der Waals surface area (Å²) in [6.45, 7) is 3.46. The van der Waals surface area contributed by atoms with Gasteiger partial charge in [-0.2, -0.15) is 0 Å². The standard InChI is InChI=1S/C11H18N2O3/c1-2-5-8(9(14)15)13-10(16)11(12)6-3-4-7-11/h2,8H,1,3-7,12H2,(H,13,16)(H,14,15). The van der Waals surface area contributed by atoms with Gasteiger partial charge in [-0.15, -0.1) is 6.58 Å². The summed E-state index contributed by atoms with van der Waals surface area (Å²) in [6, 6.07) is -0.925. The molecular weight excluding hydrogens is 208 g/mol. The van der Waals surface area contributed by atoms with Crippen molar-refractivity contribution in [3.05, 3.63) is 12.7 Å². The van der Waals surface area contributed by atoms with Crippen molar-refractivity contribution < 1.29 is 14.7 Å². The summed E-state index contributed by atoms with van der Waals surface area (Å²) in [5.74, 6) is -1.42. The number of nitrogens with one attached hydrogen (secondary N) is 1. The molecule has 5 heteroatoms. The van der Waals surface area contributed by atoms with E-state index in [1.807, 2.05) is 0 Å². The van der Waals surface area contributed by atoms with Crippen molar-refractivity contribution in [2.75, 3.05) is 0 Å². The monoisotopic (exact) mass is 226 g/mol. The van der Waals surface area contributed by atoms with Crippen LogP contribution in [-0.2, 0) is 9.59 Å². The van der Waals surface area contributed by atoms with Gasteiger partial charge in [-0.3, -0.25) is 4.79 Å². The molecule has 1 saturated carbocycles. The number of aliphatic carboxylic acids is 1. The number of carboxylic acids is 1. The number of rotatable bonds is 5. The van der Waals surface area contributed by atoms with Gasteiger partial charge >= 0.3 is 5.97 Å². The average Bonchev–Trinajstić information content (AvgIpc) is 2.65. The smallest absolute Gasteiger partial charge is 0.326 e. The molecule has 1 rings (SSSR count). The minimum Gasteiger partial charge on any atom is -0.480 e. The molecule has 0 aliphatic heterocycles. The molecule has 0 bridgehead atoms. The molecule has 0 heterocycles. The van der Waals surface area contributed by atoms with Crippen molar-refractivity contribution in [2.24, 2.45) is 5.73 Å². The van der Waals surface area contributed by atoms with E-state index in [1.54, 1.807) is 0 Å². The van der Waals surface area contributed by atoms with Crippen LogP contribution in [0.4, 0.5) is 0 Å². The number of hydrogen-bond acceptors (Lipinski definition) is 3. The summed E-state index contributed by atoms with van der Waals surface area (Å²) in [7, 11) is 0. The van der Waals surface area contributed by atoms with Gasteiger partial charge in [0.15, 0.2) is 0 Å². The predicted molar refractivity (Wildman–Crippen MR) is 59.8 cm³/mol. The molecule has 1 atom stereocenters. The van der Waals surface area contributed by atoms with Crippen LogP contribution >= 0.6 is 0 Å². The number of carbonyl (C=O) groups is 2. The topological polar surface area (TPSA) is 92.4 Å². The van der Waals surface area contributed by atoms with Crippen molar-refractivity contribution in [3.8, 4) is 0 Å². The molecule has 0 aromatic carbocycles. The molecule has 1 fully saturated rings. The lowest BCUT2D eigenvalue weighted by Crippen LogP contribution is -2.55. The van der Waals surface area contributed by atoms with E-state index in [4.69, 9.17) is 10.8 Å². The molecule has 0 spiro atoms. The van der Waals surface area contributed by atoms with Gasteiger partial charge in [-0.05, 0) is 19.3 Å². The number of amides is 1. The van der Waals surface area contributed by atoms with Crippen LogP contribution < -0.4 is 11.1 Å². The predicted octanol–water partition coefficient (Wildman–Crippen LogP) is 0.403. The quantitative estimate of drug-likeness (QED) is 0.592.